The van der Waals surface area contributed by atoms with Crippen LogP contribution >= 0.6 is 0 Å². The SMILES string of the molecule is C/C=C/[C@H]1CCc2cc(O)ccc2[C@H]1c1ccc(N2CCC3(CCC(CN4CCN5c6ccc7c(c6OC[C@H]5C4)CN(C4CCC(=O)NC4=O)C7=O)CO3)CC2)cc1. The van der Waals surface area contributed by atoms with Crippen molar-refractivity contribution in [1.82, 2.24) is 15.1 Å². The lowest BCUT2D eigenvalue weighted by Crippen LogP contribution is -2.58. The number of phenolic OH excluding ortho intramolecular Hbond substituents is 1. The standard InChI is InChI=1S/C47H55N5O6/c1-2-3-31-4-5-33-24-36(53)10-11-37(33)43(31)32-6-8-34(9-7-32)50-20-18-47(19-21-50)17-16-30(28-58-47)25-49-22-23-51-35(26-49)29-57-44-39-27-52(41-14-15-42(54)48-45(41)55)46(56)38(39)12-13-40(44)51/h2-3,6-13,24,30-31,35,41,43,53H,4-5,14-23,25-29H2,1H3,(H,48,54,55)/b3-2+/t30?,31-,35+,41?,43+/m0/s1. The monoisotopic (exact) mass is 785 g/mol. The van der Waals surface area contributed by atoms with E-state index in [1.807, 2.05) is 24.3 Å². The number of fused-ring (bicyclic) bond motifs is 6. The number of piperidine rings is 2. The van der Waals surface area contributed by atoms with Gasteiger partial charge in [0.15, 0.2) is 0 Å². The molecule has 7 aliphatic rings. The molecule has 58 heavy (non-hydrogen) atoms. The molecule has 6 aliphatic heterocycles. The maximum Gasteiger partial charge on any atom is 0.255 e. The van der Waals surface area contributed by atoms with Crippen molar-refractivity contribution < 1.29 is 29.0 Å². The van der Waals surface area contributed by atoms with Crippen LogP contribution < -0.4 is 19.9 Å². The molecule has 3 aromatic carbocycles. The summed E-state index contributed by atoms with van der Waals surface area (Å²) in [6.45, 7) is 9.66. The Labute approximate surface area is 340 Å². The molecule has 11 heteroatoms. The summed E-state index contributed by atoms with van der Waals surface area (Å²) in [5, 5.41) is 12.5. The van der Waals surface area contributed by atoms with Crippen molar-refractivity contribution in [3.8, 4) is 11.5 Å². The third-order valence-electron chi connectivity index (χ3n) is 14.5. The number of benzene rings is 3. The molecular formula is C47H55N5O6. The molecule has 4 saturated heterocycles. The number of nitrogens with one attached hydrogen (secondary N) is 1. The zero-order valence-corrected chi connectivity index (χ0v) is 33.5. The molecule has 0 saturated carbocycles. The van der Waals surface area contributed by atoms with Crippen LogP contribution in [0.5, 0.6) is 11.5 Å². The summed E-state index contributed by atoms with van der Waals surface area (Å²) in [7, 11) is 0. The third kappa shape index (κ3) is 6.73. The van der Waals surface area contributed by atoms with E-state index >= 15 is 0 Å². The molecule has 5 atom stereocenters. The molecule has 3 aromatic rings. The zero-order valence-electron chi connectivity index (χ0n) is 33.5. The molecule has 3 amide bonds. The fraction of sp³-hybridized carbons (Fsp3) is 0.511. The van der Waals surface area contributed by atoms with E-state index in [-0.39, 0.29) is 29.9 Å². The van der Waals surface area contributed by atoms with Crippen LogP contribution in [-0.4, -0.2) is 103 Å². The second kappa shape index (κ2) is 15.1. The van der Waals surface area contributed by atoms with E-state index in [9.17, 15) is 19.5 Å². The number of nitrogens with zero attached hydrogens (tertiary/aromatic N) is 4. The van der Waals surface area contributed by atoms with Gasteiger partial charge >= 0.3 is 0 Å². The first-order valence-corrected chi connectivity index (χ1v) is 21.6. The van der Waals surface area contributed by atoms with Crippen molar-refractivity contribution >= 4 is 29.1 Å². The van der Waals surface area contributed by atoms with Crippen LogP contribution in [0.4, 0.5) is 11.4 Å². The molecule has 2 N–H and O–H groups in total. The minimum absolute atomic E-state index is 0.0148. The summed E-state index contributed by atoms with van der Waals surface area (Å²) in [5.41, 5.74) is 7.71. The van der Waals surface area contributed by atoms with Gasteiger partial charge < -0.3 is 29.3 Å². The number of anilines is 2. The van der Waals surface area contributed by atoms with Gasteiger partial charge in [0.2, 0.25) is 11.8 Å². The zero-order chi connectivity index (χ0) is 39.5. The van der Waals surface area contributed by atoms with E-state index in [2.05, 4.69) is 69.4 Å². The molecule has 0 aromatic heterocycles. The average molecular weight is 786 g/mol. The first-order chi connectivity index (χ1) is 28.3. The number of carbonyl (C=O) groups excluding carboxylic acids is 3. The number of phenols is 1. The number of amides is 3. The Bertz CT molecular complexity index is 2120. The number of ether oxygens (including phenoxy) is 2. The number of rotatable bonds is 6. The first-order valence-electron chi connectivity index (χ1n) is 21.6. The number of aryl methyl sites for hydroxylation is 1. The highest BCUT2D eigenvalue weighted by molar-refractivity contribution is 6.06. The van der Waals surface area contributed by atoms with Gasteiger partial charge in [0, 0.05) is 68.4 Å². The lowest BCUT2D eigenvalue weighted by atomic mass is 9.71. The van der Waals surface area contributed by atoms with Gasteiger partial charge in [-0.2, -0.15) is 0 Å². The first kappa shape index (κ1) is 37.4. The summed E-state index contributed by atoms with van der Waals surface area (Å²) in [4.78, 5) is 46.9. The molecule has 2 unspecified atom stereocenters. The normalized spacial score (nSPS) is 28.2. The maximum atomic E-state index is 13.4. The average Bonchev–Trinajstić information content (AvgIpc) is 3.57. The third-order valence-corrected chi connectivity index (χ3v) is 14.5. The van der Waals surface area contributed by atoms with Crippen molar-refractivity contribution in [3.05, 3.63) is 94.6 Å². The molecule has 11 nitrogen and oxygen atoms in total. The molecule has 10 rings (SSSR count). The number of aromatic hydroxyl groups is 1. The topological polar surface area (TPSA) is 115 Å². The highest BCUT2D eigenvalue weighted by Gasteiger charge is 2.44. The summed E-state index contributed by atoms with van der Waals surface area (Å²) in [6.07, 6.45) is 11.6. The largest absolute Gasteiger partial charge is 0.508 e. The van der Waals surface area contributed by atoms with Gasteiger partial charge in [-0.15, -0.1) is 0 Å². The molecule has 304 valence electrons. The van der Waals surface area contributed by atoms with Crippen LogP contribution in [0.2, 0.25) is 0 Å². The van der Waals surface area contributed by atoms with Crippen LogP contribution in [0.25, 0.3) is 0 Å². The Kier molecular flexibility index (Phi) is 9.71. The molecule has 0 bridgehead atoms. The van der Waals surface area contributed by atoms with Crippen molar-refractivity contribution in [2.24, 2.45) is 11.8 Å². The minimum Gasteiger partial charge on any atom is -0.508 e. The van der Waals surface area contributed by atoms with Crippen molar-refractivity contribution in [1.29, 1.82) is 0 Å². The van der Waals surface area contributed by atoms with Crippen LogP contribution in [0, 0.1) is 11.8 Å². The predicted molar refractivity (Wildman–Crippen MR) is 221 cm³/mol. The van der Waals surface area contributed by atoms with Gasteiger partial charge in [0.05, 0.1) is 30.5 Å². The Morgan fingerprint density at radius 1 is 0.897 bits per heavy atom. The summed E-state index contributed by atoms with van der Waals surface area (Å²) in [5.74, 6) is 1.56. The summed E-state index contributed by atoms with van der Waals surface area (Å²) < 4.78 is 13.2. The Balaban J connectivity index is 0.715. The Hall–Kier alpha value is -4.87. The lowest BCUT2D eigenvalue weighted by molar-refractivity contribution is -0.136. The summed E-state index contributed by atoms with van der Waals surface area (Å²) >= 11 is 0. The molecule has 0 radical (unpaired) electrons. The number of hydrogen-bond donors (Lipinski definition) is 2. The van der Waals surface area contributed by atoms with E-state index in [1.165, 1.54) is 28.8 Å². The maximum absolute atomic E-state index is 13.4. The van der Waals surface area contributed by atoms with Crippen molar-refractivity contribution in [2.75, 3.05) is 62.3 Å². The van der Waals surface area contributed by atoms with Crippen LogP contribution in [0.1, 0.15) is 90.4 Å². The second-order valence-electron chi connectivity index (χ2n) is 17.8. The van der Waals surface area contributed by atoms with Gasteiger partial charge in [0.25, 0.3) is 5.91 Å². The van der Waals surface area contributed by atoms with Crippen LogP contribution in [-0.2, 0) is 27.3 Å². The number of allylic oxidation sites excluding steroid dienone is 2. The van der Waals surface area contributed by atoms with E-state index in [0.29, 0.717) is 48.6 Å². The molecule has 4 fully saturated rings. The highest BCUT2D eigenvalue weighted by Crippen LogP contribution is 2.46. The highest BCUT2D eigenvalue weighted by atomic mass is 16.5. The van der Waals surface area contributed by atoms with Crippen LogP contribution in [0.15, 0.2) is 66.7 Å². The van der Waals surface area contributed by atoms with Crippen LogP contribution in [0.3, 0.4) is 0 Å². The molecule has 6 heterocycles. The van der Waals surface area contributed by atoms with E-state index in [1.54, 1.807) is 4.90 Å². The van der Waals surface area contributed by atoms with E-state index < -0.39 is 11.9 Å². The number of imide groups is 1. The van der Waals surface area contributed by atoms with Crippen molar-refractivity contribution in [3.63, 3.8) is 0 Å². The Morgan fingerprint density at radius 3 is 2.52 bits per heavy atom. The van der Waals surface area contributed by atoms with Crippen molar-refractivity contribution in [2.45, 2.75) is 88.4 Å². The quantitative estimate of drug-likeness (QED) is 0.238. The molecule has 1 spiro atoms. The van der Waals surface area contributed by atoms with Gasteiger partial charge in [-0.1, -0.05) is 30.4 Å². The van der Waals surface area contributed by atoms with Gasteiger partial charge in [-0.05, 0) is 117 Å². The summed E-state index contributed by atoms with van der Waals surface area (Å²) in [6, 6.07) is 18.7. The smallest absolute Gasteiger partial charge is 0.255 e. The number of piperazine rings is 1. The fourth-order valence-corrected chi connectivity index (χ4v) is 11.3. The fourth-order valence-electron chi connectivity index (χ4n) is 11.3. The molecular weight excluding hydrogens is 731 g/mol. The number of carbonyl (C=O) groups is 3. The Morgan fingerprint density at radius 2 is 1.74 bits per heavy atom. The predicted octanol–water partition coefficient (Wildman–Crippen LogP) is 5.77. The number of hydrogen-bond acceptors (Lipinski definition) is 9. The second-order valence-corrected chi connectivity index (χ2v) is 17.8. The van der Waals surface area contributed by atoms with Gasteiger partial charge in [0.1, 0.15) is 24.1 Å². The van der Waals surface area contributed by atoms with Gasteiger partial charge in [-0.25, -0.2) is 0 Å². The van der Waals surface area contributed by atoms with E-state index in [0.717, 1.165) is 95.0 Å². The lowest BCUT2D eigenvalue weighted by Gasteiger charge is -2.49. The van der Waals surface area contributed by atoms with E-state index in [4.69, 9.17) is 9.47 Å². The van der Waals surface area contributed by atoms with Gasteiger partial charge in [-0.3, -0.25) is 24.6 Å². The minimum atomic E-state index is -0.635. The molecule has 1 aliphatic carbocycles.